The summed E-state index contributed by atoms with van der Waals surface area (Å²) in [6, 6.07) is 16.0. The molecule has 28 heavy (non-hydrogen) atoms. The van der Waals surface area contributed by atoms with Gasteiger partial charge in [0.1, 0.15) is 18.6 Å². The van der Waals surface area contributed by atoms with Gasteiger partial charge < -0.3 is 15.4 Å². The molecule has 1 atom stereocenters. The lowest BCUT2D eigenvalue weighted by Crippen LogP contribution is -2.26. The molecule has 0 saturated carbocycles. The molecular weight excluding hydrogens is 406 g/mol. The van der Waals surface area contributed by atoms with Crippen molar-refractivity contribution < 1.29 is 9.31 Å². The number of nitro groups is 1. The Morgan fingerprint density at radius 3 is 2.32 bits per heavy atom. The lowest BCUT2D eigenvalue weighted by atomic mass is 9.98. The molecule has 6 nitrogen and oxygen atoms in total. The van der Waals surface area contributed by atoms with Crippen molar-refractivity contribution in [2.24, 2.45) is 0 Å². The Morgan fingerprint density at radius 1 is 1.11 bits per heavy atom. The quantitative estimate of drug-likeness (QED) is 0.446. The average Bonchev–Trinajstić information content (AvgIpc) is 3.01. The molecule has 0 amide bonds. The molecule has 0 fully saturated rings. The Kier molecular flexibility index (Phi) is 9.05. The number of aromatic nitrogens is 2. The highest BCUT2D eigenvalue weighted by molar-refractivity contribution is 5.85. The SMILES string of the molecule is Cc1ncc([N+](=O)[O-])n1CCNC(c1ccccc1)c1ccc(F)cc1.Cl.Cl. The summed E-state index contributed by atoms with van der Waals surface area (Å²) in [7, 11) is 0. The van der Waals surface area contributed by atoms with E-state index in [1.54, 1.807) is 23.6 Å². The second kappa shape index (κ2) is 10.8. The van der Waals surface area contributed by atoms with E-state index >= 15 is 0 Å². The molecule has 0 aliphatic rings. The smallest absolute Gasteiger partial charge is 0.342 e. The van der Waals surface area contributed by atoms with E-state index in [0.717, 1.165) is 11.1 Å². The molecule has 1 heterocycles. The predicted octanol–water partition coefficient (Wildman–Crippen LogP) is 4.46. The first kappa shape index (κ1) is 23.6. The lowest BCUT2D eigenvalue weighted by Gasteiger charge is -2.19. The third-order valence-corrected chi connectivity index (χ3v) is 4.24. The van der Waals surface area contributed by atoms with Crippen LogP contribution in [-0.2, 0) is 6.54 Å². The highest BCUT2D eigenvalue weighted by atomic mass is 35.5. The number of benzene rings is 2. The number of aryl methyl sites for hydroxylation is 1. The average molecular weight is 427 g/mol. The van der Waals surface area contributed by atoms with Crippen molar-refractivity contribution in [3.63, 3.8) is 0 Å². The van der Waals surface area contributed by atoms with Gasteiger partial charge in [0.05, 0.1) is 6.04 Å². The third kappa shape index (κ3) is 5.51. The van der Waals surface area contributed by atoms with Crippen molar-refractivity contribution in [3.8, 4) is 0 Å². The van der Waals surface area contributed by atoms with Crippen LogP contribution in [0.1, 0.15) is 23.0 Å². The molecule has 150 valence electrons. The number of rotatable bonds is 7. The minimum atomic E-state index is -0.436. The Balaban J connectivity index is 0.00000196. The van der Waals surface area contributed by atoms with Crippen molar-refractivity contribution in [2.75, 3.05) is 6.54 Å². The normalized spacial score (nSPS) is 11.2. The molecule has 0 aliphatic carbocycles. The summed E-state index contributed by atoms with van der Waals surface area (Å²) in [5.41, 5.74) is 1.96. The lowest BCUT2D eigenvalue weighted by molar-refractivity contribution is -0.392. The van der Waals surface area contributed by atoms with Crippen LogP contribution in [0.3, 0.4) is 0 Å². The van der Waals surface area contributed by atoms with Crippen molar-refractivity contribution in [2.45, 2.75) is 19.5 Å². The Morgan fingerprint density at radius 2 is 1.71 bits per heavy atom. The maximum absolute atomic E-state index is 13.3. The Labute approximate surface area is 174 Å². The topological polar surface area (TPSA) is 73.0 Å². The van der Waals surface area contributed by atoms with Gasteiger partial charge in [0.2, 0.25) is 0 Å². The van der Waals surface area contributed by atoms with E-state index in [-0.39, 0.29) is 42.5 Å². The van der Waals surface area contributed by atoms with Gasteiger partial charge in [0.15, 0.2) is 5.82 Å². The van der Waals surface area contributed by atoms with Crippen LogP contribution in [-0.4, -0.2) is 21.0 Å². The first-order valence-corrected chi connectivity index (χ1v) is 8.26. The molecule has 0 spiro atoms. The summed E-state index contributed by atoms with van der Waals surface area (Å²) in [4.78, 5) is 14.7. The van der Waals surface area contributed by atoms with Crippen LogP contribution in [0.2, 0.25) is 0 Å². The fourth-order valence-electron chi connectivity index (χ4n) is 2.93. The Hall–Kier alpha value is -2.48. The third-order valence-electron chi connectivity index (χ3n) is 4.24. The zero-order chi connectivity index (χ0) is 18.5. The van der Waals surface area contributed by atoms with E-state index in [4.69, 9.17) is 0 Å². The summed E-state index contributed by atoms with van der Waals surface area (Å²) in [6.07, 6.45) is 1.27. The minimum absolute atomic E-state index is 0. The van der Waals surface area contributed by atoms with Crippen molar-refractivity contribution >= 4 is 30.6 Å². The largest absolute Gasteiger partial charge is 0.358 e. The van der Waals surface area contributed by atoms with Gasteiger partial charge in [0.25, 0.3) is 0 Å². The monoisotopic (exact) mass is 426 g/mol. The van der Waals surface area contributed by atoms with Crippen LogP contribution in [0.5, 0.6) is 0 Å². The summed E-state index contributed by atoms with van der Waals surface area (Å²) in [5, 5.41) is 14.5. The fourth-order valence-corrected chi connectivity index (χ4v) is 2.93. The van der Waals surface area contributed by atoms with Crippen LogP contribution in [0.15, 0.2) is 60.8 Å². The molecule has 3 rings (SSSR count). The van der Waals surface area contributed by atoms with Crippen molar-refractivity contribution in [1.82, 2.24) is 14.9 Å². The van der Waals surface area contributed by atoms with Crippen LogP contribution >= 0.6 is 24.8 Å². The zero-order valence-electron chi connectivity index (χ0n) is 15.1. The number of nitrogens with one attached hydrogen (secondary N) is 1. The molecule has 0 bridgehead atoms. The first-order chi connectivity index (χ1) is 12.6. The summed E-state index contributed by atoms with van der Waals surface area (Å²) >= 11 is 0. The minimum Gasteiger partial charge on any atom is -0.358 e. The Bertz CT molecular complexity index is 889. The number of nitrogens with zero attached hydrogens (tertiary/aromatic N) is 3. The predicted molar refractivity (Wildman–Crippen MR) is 111 cm³/mol. The van der Waals surface area contributed by atoms with E-state index in [1.165, 1.54) is 18.3 Å². The number of halogens is 3. The van der Waals surface area contributed by atoms with Crippen molar-refractivity contribution in [3.05, 3.63) is 93.7 Å². The van der Waals surface area contributed by atoms with Gasteiger partial charge in [-0.05, 0) is 28.2 Å². The molecule has 1 N–H and O–H groups in total. The molecule has 1 unspecified atom stereocenters. The van der Waals surface area contributed by atoms with Crippen LogP contribution in [0, 0.1) is 22.9 Å². The molecular formula is C19H21Cl2FN4O2. The van der Waals surface area contributed by atoms with Crippen LogP contribution in [0.25, 0.3) is 0 Å². The van der Waals surface area contributed by atoms with E-state index < -0.39 is 4.92 Å². The molecule has 9 heteroatoms. The van der Waals surface area contributed by atoms with Gasteiger partial charge in [-0.3, -0.25) is 0 Å². The highest BCUT2D eigenvalue weighted by Crippen LogP contribution is 2.22. The van der Waals surface area contributed by atoms with Gasteiger partial charge >= 0.3 is 5.82 Å². The molecule has 0 saturated heterocycles. The van der Waals surface area contributed by atoms with E-state index in [0.29, 0.717) is 18.9 Å². The molecule has 3 aromatic rings. The maximum Gasteiger partial charge on any atom is 0.342 e. The zero-order valence-corrected chi connectivity index (χ0v) is 16.8. The van der Waals surface area contributed by atoms with Gasteiger partial charge in [-0.1, -0.05) is 42.5 Å². The summed E-state index contributed by atoms with van der Waals surface area (Å²) in [5.74, 6) is 0.282. The molecule has 2 aromatic carbocycles. The van der Waals surface area contributed by atoms with E-state index in [2.05, 4.69) is 10.3 Å². The maximum atomic E-state index is 13.3. The number of hydrogen-bond donors (Lipinski definition) is 1. The number of hydrogen-bond acceptors (Lipinski definition) is 4. The molecule has 0 radical (unpaired) electrons. The van der Waals surface area contributed by atoms with Gasteiger partial charge in [0, 0.05) is 13.5 Å². The summed E-state index contributed by atoms with van der Waals surface area (Å²) in [6.45, 7) is 2.64. The van der Waals surface area contributed by atoms with Crippen molar-refractivity contribution in [1.29, 1.82) is 0 Å². The first-order valence-electron chi connectivity index (χ1n) is 8.26. The molecule has 0 aliphatic heterocycles. The fraction of sp³-hybridized carbons (Fsp3) is 0.211. The highest BCUT2D eigenvalue weighted by Gasteiger charge is 2.18. The van der Waals surface area contributed by atoms with E-state index in [1.807, 2.05) is 30.3 Å². The number of imidazole rings is 1. The van der Waals surface area contributed by atoms with Gasteiger partial charge in [-0.2, -0.15) is 0 Å². The van der Waals surface area contributed by atoms with Crippen LogP contribution in [0.4, 0.5) is 10.2 Å². The van der Waals surface area contributed by atoms with Gasteiger partial charge in [-0.15, -0.1) is 24.8 Å². The second-order valence-electron chi connectivity index (χ2n) is 5.92. The van der Waals surface area contributed by atoms with Crippen LogP contribution < -0.4 is 5.32 Å². The second-order valence-corrected chi connectivity index (χ2v) is 5.92. The molecule has 1 aromatic heterocycles. The standard InChI is InChI=1S/C19H19FN4O2.2ClH/c1-14-22-13-18(24(25)26)23(14)12-11-21-19(15-5-3-2-4-6-15)16-7-9-17(20)10-8-16;;/h2-10,13,19,21H,11-12H2,1H3;2*1H. The summed E-state index contributed by atoms with van der Waals surface area (Å²) < 4.78 is 14.8. The van der Waals surface area contributed by atoms with Gasteiger partial charge in [-0.25, -0.2) is 13.9 Å². The van der Waals surface area contributed by atoms with E-state index in [9.17, 15) is 14.5 Å².